The van der Waals surface area contributed by atoms with E-state index in [-0.39, 0.29) is 29.3 Å². The van der Waals surface area contributed by atoms with Crippen LogP contribution in [0.1, 0.15) is 31.9 Å². The topological polar surface area (TPSA) is 89.3 Å². The molecule has 0 saturated carbocycles. The van der Waals surface area contributed by atoms with Gasteiger partial charge in [-0.3, -0.25) is 4.79 Å². The highest BCUT2D eigenvalue weighted by molar-refractivity contribution is 7.90. The van der Waals surface area contributed by atoms with E-state index in [2.05, 4.69) is 5.32 Å². The Morgan fingerprint density at radius 2 is 1.79 bits per heavy atom. The second-order valence-corrected chi connectivity index (χ2v) is 6.83. The molecule has 0 spiro atoms. The summed E-state index contributed by atoms with van der Waals surface area (Å²) in [7, 11) is -3.19. The molecule has 0 radical (unpaired) electrons. The molecule has 106 valence electrons. The molecule has 3 N–H and O–H groups in total. The number of rotatable bonds is 5. The van der Waals surface area contributed by atoms with Crippen LogP contribution in [0.15, 0.2) is 29.2 Å². The van der Waals surface area contributed by atoms with Crippen molar-refractivity contribution in [1.82, 2.24) is 5.32 Å². The van der Waals surface area contributed by atoms with Gasteiger partial charge in [0.25, 0.3) is 0 Å². The van der Waals surface area contributed by atoms with Gasteiger partial charge in [-0.05, 0) is 31.5 Å². The lowest BCUT2D eigenvalue weighted by molar-refractivity contribution is -0.122. The van der Waals surface area contributed by atoms with E-state index in [9.17, 15) is 13.2 Å². The highest BCUT2D eigenvalue weighted by Crippen LogP contribution is 2.16. The van der Waals surface area contributed by atoms with Crippen LogP contribution in [-0.2, 0) is 14.6 Å². The monoisotopic (exact) mass is 284 g/mol. The minimum Gasteiger partial charge on any atom is -0.350 e. The van der Waals surface area contributed by atoms with Crippen LogP contribution in [0.2, 0.25) is 0 Å². The highest BCUT2D eigenvalue weighted by atomic mass is 32.2. The highest BCUT2D eigenvalue weighted by Gasteiger charge is 2.12. The molecule has 0 bridgehead atoms. The molecule has 0 saturated heterocycles. The second-order valence-electron chi connectivity index (χ2n) is 4.81. The van der Waals surface area contributed by atoms with E-state index >= 15 is 0 Å². The zero-order chi connectivity index (χ0) is 14.6. The first-order valence-electron chi connectivity index (χ1n) is 6.05. The molecule has 5 nitrogen and oxygen atoms in total. The molecule has 0 aliphatic rings. The molecule has 1 aromatic rings. The Labute approximate surface area is 114 Å². The van der Waals surface area contributed by atoms with Gasteiger partial charge in [0, 0.05) is 18.7 Å². The molecule has 1 amide bonds. The predicted octanol–water partition coefficient (Wildman–Crippen LogP) is 1.00. The first-order valence-corrected chi connectivity index (χ1v) is 7.94. The van der Waals surface area contributed by atoms with Gasteiger partial charge in [0.05, 0.1) is 10.9 Å². The number of carbonyl (C=O) groups excluding carboxylic acids is 1. The summed E-state index contributed by atoms with van der Waals surface area (Å²) < 4.78 is 22.7. The molecule has 1 aromatic carbocycles. The summed E-state index contributed by atoms with van der Waals surface area (Å²) in [6, 6.07) is 6.12. The van der Waals surface area contributed by atoms with Crippen molar-refractivity contribution in [2.75, 3.05) is 6.26 Å². The maximum Gasteiger partial charge on any atom is 0.222 e. The van der Waals surface area contributed by atoms with Gasteiger partial charge in [-0.15, -0.1) is 0 Å². The average molecular weight is 284 g/mol. The molecule has 1 rings (SSSR count). The fourth-order valence-electron chi connectivity index (χ4n) is 1.68. The van der Waals surface area contributed by atoms with Gasteiger partial charge < -0.3 is 11.1 Å². The van der Waals surface area contributed by atoms with Crippen LogP contribution in [-0.4, -0.2) is 26.6 Å². The number of benzene rings is 1. The third kappa shape index (κ3) is 5.00. The van der Waals surface area contributed by atoms with E-state index < -0.39 is 9.84 Å². The van der Waals surface area contributed by atoms with Crippen LogP contribution in [0, 0.1) is 0 Å². The number of amides is 1. The molecule has 0 aliphatic carbocycles. The first-order chi connectivity index (χ1) is 8.70. The summed E-state index contributed by atoms with van der Waals surface area (Å²) in [6.07, 6.45) is 1.43. The Morgan fingerprint density at radius 3 is 2.21 bits per heavy atom. The van der Waals surface area contributed by atoms with Gasteiger partial charge in [-0.25, -0.2) is 8.42 Å². The second kappa shape index (κ2) is 6.16. The maximum absolute atomic E-state index is 11.6. The minimum absolute atomic E-state index is 0.116. The van der Waals surface area contributed by atoms with Crippen LogP contribution in [0.25, 0.3) is 0 Å². The van der Waals surface area contributed by atoms with Crippen molar-refractivity contribution in [2.45, 2.75) is 37.2 Å². The predicted molar refractivity (Wildman–Crippen MR) is 74.4 cm³/mol. The zero-order valence-electron chi connectivity index (χ0n) is 11.4. The fourth-order valence-corrected chi connectivity index (χ4v) is 2.31. The number of sulfone groups is 1. The third-order valence-corrected chi connectivity index (χ3v) is 3.82. The lowest BCUT2D eigenvalue weighted by atomic mass is 10.1. The van der Waals surface area contributed by atoms with Gasteiger partial charge in [0.2, 0.25) is 5.91 Å². The summed E-state index contributed by atoms with van der Waals surface area (Å²) in [5.41, 5.74) is 6.40. The number of nitrogens with two attached hydrogens (primary N) is 1. The van der Waals surface area contributed by atoms with Gasteiger partial charge in [0.1, 0.15) is 0 Å². The summed E-state index contributed by atoms with van der Waals surface area (Å²) >= 11 is 0. The quantitative estimate of drug-likeness (QED) is 0.844. The number of hydrogen-bond donors (Lipinski definition) is 2. The molecule has 0 fully saturated rings. The smallest absolute Gasteiger partial charge is 0.222 e. The van der Waals surface area contributed by atoms with Gasteiger partial charge >= 0.3 is 0 Å². The van der Waals surface area contributed by atoms with Gasteiger partial charge in [-0.2, -0.15) is 0 Å². The standard InChI is InChI=1S/C13H20N2O3S/c1-9(14)8-13(16)15-10(2)11-4-6-12(7-5-11)19(3,17)18/h4-7,9-10H,8,14H2,1-3H3,(H,15,16). The summed E-state index contributed by atoms with van der Waals surface area (Å²) in [4.78, 5) is 11.8. The molecule has 0 aliphatic heterocycles. The molecule has 6 heteroatoms. The Balaban J connectivity index is 2.73. The van der Waals surface area contributed by atoms with Crippen molar-refractivity contribution >= 4 is 15.7 Å². The van der Waals surface area contributed by atoms with Gasteiger partial charge in [0.15, 0.2) is 9.84 Å². The molecule has 19 heavy (non-hydrogen) atoms. The normalized spacial score (nSPS) is 14.7. The minimum atomic E-state index is -3.19. The van der Waals surface area contributed by atoms with Crippen molar-refractivity contribution < 1.29 is 13.2 Å². The molecule has 0 aromatic heterocycles. The summed E-state index contributed by atoms with van der Waals surface area (Å²) in [6.45, 7) is 3.61. The Bertz CT molecular complexity index is 536. The Hall–Kier alpha value is -1.40. The van der Waals surface area contributed by atoms with Crippen LogP contribution in [0.4, 0.5) is 0 Å². The SMILES string of the molecule is CC(N)CC(=O)NC(C)c1ccc(S(C)(=O)=O)cc1. The zero-order valence-corrected chi connectivity index (χ0v) is 12.2. The van der Waals surface area contributed by atoms with Crippen molar-refractivity contribution in [3.05, 3.63) is 29.8 Å². The Kier molecular flexibility index (Phi) is 5.08. The van der Waals surface area contributed by atoms with E-state index in [0.29, 0.717) is 0 Å². The molecule has 0 heterocycles. The van der Waals surface area contributed by atoms with E-state index in [1.165, 1.54) is 0 Å². The fraction of sp³-hybridized carbons (Fsp3) is 0.462. The van der Waals surface area contributed by atoms with Crippen molar-refractivity contribution in [1.29, 1.82) is 0 Å². The van der Waals surface area contributed by atoms with Crippen LogP contribution in [0.5, 0.6) is 0 Å². The molecular weight excluding hydrogens is 264 g/mol. The molecule has 2 atom stereocenters. The van der Waals surface area contributed by atoms with E-state index in [4.69, 9.17) is 5.73 Å². The Morgan fingerprint density at radius 1 is 1.26 bits per heavy atom. The van der Waals surface area contributed by atoms with Gasteiger partial charge in [-0.1, -0.05) is 12.1 Å². The van der Waals surface area contributed by atoms with Crippen molar-refractivity contribution in [3.63, 3.8) is 0 Å². The molecular formula is C13H20N2O3S. The van der Waals surface area contributed by atoms with E-state index in [1.807, 2.05) is 6.92 Å². The lowest BCUT2D eigenvalue weighted by Gasteiger charge is -2.15. The summed E-state index contributed by atoms with van der Waals surface area (Å²) in [5, 5.41) is 2.82. The first kappa shape index (κ1) is 15.7. The number of carbonyl (C=O) groups is 1. The number of nitrogens with one attached hydrogen (secondary N) is 1. The average Bonchev–Trinajstić information content (AvgIpc) is 2.26. The lowest BCUT2D eigenvalue weighted by Crippen LogP contribution is -2.31. The molecule has 2 unspecified atom stereocenters. The van der Waals surface area contributed by atoms with Crippen LogP contribution in [0.3, 0.4) is 0 Å². The van der Waals surface area contributed by atoms with Crippen molar-refractivity contribution in [2.24, 2.45) is 5.73 Å². The summed E-state index contributed by atoms with van der Waals surface area (Å²) in [5.74, 6) is -0.116. The van der Waals surface area contributed by atoms with Crippen molar-refractivity contribution in [3.8, 4) is 0 Å². The third-order valence-electron chi connectivity index (χ3n) is 2.69. The van der Waals surface area contributed by atoms with E-state index in [0.717, 1.165) is 11.8 Å². The maximum atomic E-state index is 11.6. The number of hydrogen-bond acceptors (Lipinski definition) is 4. The van der Waals surface area contributed by atoms with Crippen LogP contribution >= 0.6 is 0 Å². The van der Waals surface area contributed by atoms with Crippen LogP contribution < -0.4 is 11.1 Å². The largest absolute Gasteiger partial charge is 0.350 e. The van der Waals surface area contributed by atoms with E-state index in [1.54, 1.807) is 31.2 Å².